The summed E-state index contributed by atoms with van der Waals surface area (Å²) in [6, 6.07) is 11.6. The van der Waals surface area contributed by atoms with Crippen LogP contribution in [-0.2, 0) is 27.1 Å². The molecule has 0 aliphatic carbocycles. The number of anilines is 1. The number of esters is 1. The Labute approximate surface area is 214 Å². The monoisotopic (exact) mass is 505 g/mol. The molecular weight excluding hydrogens is 474 g/mol. The SMILES string of the molecule is COC(=O)C(Cc1cc(C)c2[nH]cnc2c1)OC(=O)N1CCC(N2CCc3ccccc3NC2=O)CC1. The Bertz CT molecular complexity index is 1310. The Morgan fingerprint density at radius 2 is 1.95 bits per heavy atom. The highest BCUT2D eigenvalue weighted by Gasteiger charge is 2.33. The van der Waals surface area contributed by atoms with Crippen molar-refractivity contribution in [2.45, 2.75) is 44.8 Å². The van der Waals surface area contributed by atoms with Gasteiger partial charge < -0.3 is 29.6 Å². The summed E-state index contributed by atoms with van der Waals surface area (Å²) in [5, 5.41) is 3.01. The summed E-state index contributed by atoms with van der Waals surface area (Å²) < 4.78 is 10.6. The lowest BCUT2D eigenvalue weighted by molar-refractivity contribution is -0.151. The van der Waals surface area contributed by atoms with E-state index < -0.39 is 18.2 Å². The van der Waals surface area contributed by atoms with Gasteiger partial charge in [0.15, 0.2) is 0 Å². The summed E-state index contributed by atoms with van der Waals surface area (Å²) >= 11 is 0. The van der Waals surface area contributed by atoms with Gasteiger partial charge in [-0.25, -0.2) is 19.4 Å². The number of nitrogens with one attached hydrogen (secondary N) is 2. The number of aromatic amines is 1. The van der Waals surface area contributed by atoms with Gasteiger partial charge in [-0.3, -0.25) is 0 Å². The van der Waals surface area contributed by atoms with Crippen LogP contribution in [0.15, 0.2) is 42.7 Å². The molecule has 2 aromatic carbocycles. The van der Waals surface area contributed by atoms with E-state index in [0.717, 1.165) is 39.8 Å². The van der Waals surface area contributed by atoms with E-state index in [1.54, 1.807) is 11.2 Å². The molecule has 1 fully saturated rings. The Hall–Kier alpha value is -4.08. The largest absolute Gasteiger partial charge is 0.466 e. The van der Waals surface area contributed by atoms with Gasteiger partial charge in [0.25, 0.3) is 0 Å². The highest BCUT2D eigenvalue weighted by atomic mass is 16.6. The van der Waals surface area contributed by atoms with Crippen molar-refractivity contribution < 1.29 is 23.9 Å². The van der Waals surface area contributed by atoms with Crippen molar-refractivity contribution >= 4 is 34.8 Å². The maximum atomic E-state index is 13.0. The molecule has 3 heterocycles. The Morgan fingerprint density at radius 3 is 2.73 bits per heavy atom. The minimum Gasteiger partial charge on any atom is -0.466 e. The van der Waals surface area contributed by atoms with Crippen LogP contribution in [0.25, 0.3) is 11.0 Å². The van der Waals surface area contributed by atoms with Crippen molar-refractivity contribution in [2.24, 2.45) is 0 Å². The fourth-order valence-electron chi connectivity index (χ4n) is 5.23. The average molecular weight is 506 g/mol. The number of carbonyl (C=O) groups excluding carboxylic acids is 3. The molecule has 0 saturated carbocycles. The number of rotatable bonds is 5. The van der Waals surface area contributed by atoms with E-state index >= 15 is 0 Å². The number of aryl methyl sites for hydroxylation is 1. The fraction of sp³-hybridized carbons (Fsp3) is 0.407. The van der Waals surface area contributed by atoms with E-state index in [1.165, 1.54) is 7.11 Å². The molecule has 2 N–H and O–H groups in total. The molecule has 1 unspecified atom stereocenters. The summed E-state index contributed by atoms with van der Waals surface area (Å²) in [4.78, 5) is 49.2. The third kappa shape index (κ3) is 5.23. The van der Waals surface area contributed by atoms with Gasteiger partial charge in [-0.1, -0.05) is 24.3 Å². The minimum absolute atomic E-state index is 0.0262. The lowest BCUT2D eigenvalue weighted by atomic mass is 10.0. The first-order chi connectivity index (χ1) is 17.9. The third-order valence-electron chi connectivity index (χ3n) is 7.22. The number of H-pyrrole nitrogens is 1. The first kappa shape index (κ1) is 24.6. The number of methoxy groups -OCH3 is 1. The molecule has 2 aliphatic heterocycles. The van der Waals surface area contributed by atoms with Gasteiger partial charge in [0.05, 0.1) is 24.5 Å². The number of ether oxygens (including phenoxy) is 2. The first-order valence-corrected chi connectivity index (χ1v) is 12.5. The molecule has 3 aromatic rings. The molecule has 10 nitrogen and oxygen atoms in total. The number of hydrogen-bond acceptors (Lipinski definition) is 6. The summed E-state index contributed by atoms with van der Waals surface area (Å²) in [6.45, 7) is 3.46. The third-order valence-corrected chi connectivity index (χ3v) is 7.22. The second-order valence-electron chi connectivity index (χ2n) is 9.56. The average Bonchev–Trinajstić information content (AvgIpc) is 3.31. The molecule has 0 radical (unpaired) electrons. The smallest absolute Gasteiger partial charge is 0.410 e. The Kier molecular flexibility index (Phi) is 6.98. The van der Waals surface area contributed by atoms with E-state index in [9.17, 15) is 14.4 Å². The molecule has 3 amide bonds. The van der Waals surface area contributed by atoms with Crippen LogP contribution in [0, 0.1) is 6.92 Å². The Morgan fingerprint density at radius 1 is 1.16 bits per heavy atom. The van der Waals surface area contributed by atoms with E-state index in [2.05, 4.69) is 15.3 Å². The maximum absolute atomic E-state index is 13.0. The van der Waals surface area contributed by atoms with Crippen LogP contribution in [0.5, 0.6) is 0 Å². The molecule has 1 atom stereocenters. The molecule has 0 spiro atoms. The predicted octanol–water partition coefficient (Wildman–Crippen LogP) is 3.65. The number of carbonyl (C=O) groups is 3. The van der Waals surface area contributed by atoms with E-state index in [0.29, 0.717) is 32.5 Å². The number of para-hydroxylation sites is 1. The summed E-state index contributed by atoms with van der Waals surface area (Å²) in [6.07, 6.45) is 2.24. The number of benzene rings is 2. The van der Waals surface area contributed by atoms with E-state index in [1.807, 2.05) is 48.2 Å². The van der Waals surface area contributed by atoms with Crippen molar-refractivity contribution in [1.29, 1.82) is 0 Å². The maximum Gasteiger partial charge on any atom is 0.410 e. The molecule has 2 aliphatic rings. The van der Waals surface area contributed by atoms with Crippen LogP contribution in [-0.4, -0.2) is 76.8 Å². The lowest BCUT2D eigenvalue weighted by Crippen LogP contribution is -2.50. The zero-order chi connectivity index (χ0) is 25.9. The molecule has 1 saturated heterocycles. The van der Waals surface area contributed by atoms with Crippen LogP contribution in [0.3, 0.4) is 0 Å². The number of likely N-dealkylation sites (tertiary alicyclic amines) is 1. The van der Waals surface area contributed by atoms with Crippen LogP contribution >= 0.6 is 0 Å². The molecule has 10 heteroatoms. The van der Waals surface area contributed by atoms with Crippen LogP contribution < -0.4 is 5.32 Å². The standard InChI is InChI=1S/C27H31N5O5/c1-17-13-18(14-22-24(17)29-16-28-22)15-23(25(33)36-2)37-27(35)31-10-8-20(9-11-31)32-12-7-19-5-3-4-6-21(19)30-26(32)34/h3-6,13-14,16,20,23H,7-12,15H2,1-2H3,(H,28,29)(H,30,34). The van der Waals surface area contributed by atoms with Crippen molar-refractivity contribution in [3.05, 3.63) is 59.4 Å². The number of hydrogen-bond donors (Lipinski definition) is 2. The number of imidazole rings is 1. The summed E-state index contributed by atoms with van der Waals surface area (Å²) in [7, 11) is 1.28. The second kappa shape index (κ2) is 10.5. The number of amides is 3. The number of nitrogens with zero attached hydrogens (tertiary/aromatic N) is 3. The molecule has 1 aromatic heterocycles. The lowest BCUT2D eigenvalue weighted by Gasteiger charge is -2.37. The number of urea groups is 1. The summed E-state index contributed by atoms with van der Waals surface area (Å²) in [5.41, 5.74) is 5.50. The van der Waals surface area contributed by atoms with Gasteiger partial charge >= 0.3 is 18.1 Å². The zero-order valence-electron chi connectivity index (χ0n) is 21.0. The number of fused-ring (bicyclic) bond motifs is 2. The topological polar surface area (TPSA) is 117 Å². The highest BCUT2D eigenvalue weighted by Crippen LogP contribution is 2.25. The number of piperidine rings is 1. The van der Waals surface area contributed by atoms with Crippen LogP contribution in [0.1, 0.15) is 29.5 Å². The van der Waals surface area contributed by atoms with Crippen molar-refractivity contribution in [2.75, 3.05) is 32.1 Å². The molecular formula is C27H31N5O5. The van der Waals surface area contributed by atoms with Gasteiger partial charge in [0.2, 0.25) is 6.10 Å². The Balaban J connectivity index is 1.19. The zero-order valence-corrected chi connectivity index (χ0v) is 21.0. The van der Waals surface area contributed by atoms with Crippen molar-refractivity contribution in [3.63, 3.8) is 0 Å². The van der Waals surface area contributed by atoms with Crippen molar-refractivity contribution in [3.8, 4) is 0 Å². The van der Waals surface area contributed by atoms with Crippen molar-refractivity contribution in [1.82, 2.24) is 19.8 Å². The van der Waals surface area contributed by atoms with Gasteiger partial charge in [-0.05, 0) is 55.0 Å². The fourth-order valence-corrected chi connectivity index (χ4v) is 5.23. The van der Waals surface area contributed by atoms with Gasteiger partial charge in [-0.15, -0.1) is 0 Å². The predicted molar refractivity (Wildman–Crippen MR) is 137 cm³/mol. The van der Waals surface area contributed by atoms with Gasteiger partial charge in [-0.2, -0.15) is 0 Å². The number of aromatic nitrogens is 2. The first-order valence-electron chi connectivity index (χ1n) is 12.5. The van der Waals surface area contributed by atoms with Gasteiger partial charge in [0, 0.05) is 37.8 Å². The minimum atomic E-state index is -1.07. The highest BCUT2D eigenvalue weighted by molar-refractivity contribution is 5.91. The van der Waals surface area contributed by atoms with Crippen LogP contribution in [0.4, 0.5) is 15.3 Å². The molecule has 37 heavy (non-hydrogen) atoms. The van der Waals surface area contributed by atoms with E-state index in [-0.39, 0.29) is 18.5 Å². The second-order valence-corrected chi connectivity index (χ2v) is 9.56. The molecule has 5 rings (SSSR count). The summed E-state index contributed by atoms with van der Waals surface area (Å²) in [5.74, 6) is -0.608. The normalized spacial score (nSPS) is 17.1. The van der Waals surface area contributed by atoms with Crippen LogP contribution in [0.2, 0.25) is 0 Å². The van der Waals surface area contributed by atoms with Gasteiger partial charge in [0.1, 0.15) is 0 Å². The molecule has 0 bridgehead atoms. The quantitative estimate of drug-likeness (QED) is 0.512. The molecule has 194 valence electrons. The van der Waals surface area contributed by atoms with E-state index in [4.69, 9.17) is 9.47 Å².